The molecule has 0 unspecified atom stereocenters. The first-order chi connectivity index (χ1) is 14.6. The maximum Gasteiger partial charge on any atom is 0.317 e. The summed E-state index contributed by atoms with van der Waals surface area (Å²) < 4.78 is 5.18. The van der Waals surface area contributed by atoms with Crippen molar-refractivity contribution in [2.45, 2.75) is 31.7 Å². The molecule has 2 aromatic rings. The number of nitrogens with one attached hydrogen (secondary N) is 1. The number of nitriles is 1. The fourth-order valence-corrected chi connectivity index (χ4v) is 3.59. The summed E-state index contributed by atoms with van der Waals surface area (Å²) in [7, 11) is 3.51. The van der Waals surface area contributed by atoms with Crippen molar-refractivity contribution in [2.24, 2.45) is 0 Å². The van der Waals surface area contributed by atoms with Crippen molar-refractivity contribution >= 4 is 11.8 Å². The summed E-state index contributed by atoms with van der Waals surface area (Å²) in [5, 5.41) is 12.0. The van der Waals surface area contributed by atoms with Crippen LogP contribution in [0.15, 0.2) is 42.6 Å². The number of urea groups is 1. The van der Waals surface area contributed by atoms with E-state index in [4.69, 9.17) is 10.00 Å². The molecule has 0 radical (unpaired) electrons. The van der Waals surface area contributed by atoms with Crippen molar-refractivity contribution in [3.05, 3.63) is 53.7 Å². The Balaban J connectivity index is 1.37. The zero-order valence-corrected chi connectivity index (χ0v) is 17.7. The molecule has 2 amide bonds. The average molecular weight is 408 g/mol. The summed E-state index contributed by atoms with van der Waals surface area (Å²) in [5.41, 5.74) is 1.81. The van der Waals surface area contributed by atoms with Crippen LogP contribution < -0.4 is 15.0 Å². The van der Waals surface area contributed by atoms with Gasteiger partial charge in [-0.15, -0.1) is 0 Å². The fourth-order valence-electron chi connectivity index (χ4n) is 3.59. The van der Waals surface area contributed by atoms with Crippen molar-refractivity contribution in [2.75, 3.05) is 38.7 Å². The highest BCUT2D eigenvalue weighted by atomic mass is 16.5. The second kappa shape index (κ2) is 10.5. The Labute approximate surface area is 178 Å². The Kier molecular flexibility index (Phi) is 7.50. The number of benzene rings is 1. The van der Waals surface area contributed by atoms with Gasteiger partial charge in [0.25, 0.3) is 0 Å². The highest BCUT2D eigenvalue weighted by molar-refractivity contribution is 5.74. The third kappa shape index (κ3) is 5.86. The number of piperidine rings is 1. The van der Waals surface area contributed by atoms with Gasteiger partial charge in [0, 0.05) is 38.9 Å². The van der Waals surface area contributed by atoms with Crippen molar-refractivity contribution in [1.82, 2.24) is 15.2 Å². The lowest BCUT2D eigenvalue weighted by molar-refractivity contribution is 0.201. The van der Waals surface area contributed by atoms with Gasteiger partial charge in [-0.2, -0.15) is 5.26 Å². The summed E-state index contributed by atoms with van der Waals surface area (Å²) in [5.74, 6) is 1.74. The van der Waals surface area contributed by atoms with E-state index in [0.717, 1.165) is 50.3 Å². The number of anilines is 1. The van der Waals surface area contributed by atoms with Crippen LogP contribution in [0.2, 0.25) is 0 Å². The second-order valence-electron chi connectivity index (χ2n) is 7.60. The van der Waals surface area contributed by atoms with E-state index in [-0.39, 0.29) is 12.1 Å². The molecular formula is C23H29N5O2. The molecule has 158 valence electrons. The Bertz CT molecular complexity index is 853. The molecule has 1 N–H and O–H groups in total. The van der Waals surface area contributed by atoms with E-state index in [9.17, 15) is 4.79 Å². The van der Waals surface area contributed by atoms with Gasteiger partial charge >= 0.3 is 6.03 Å². The zero-order valence-electron chi connectivity index (χ0n) is 17.7. The summed E-state index contributed by atoms with van der Waals surface area (Å²) in [6, 6.07) is 14.0. The molecule has 1 aromatic carbocycles. The number of hydrogen-bond donors (Lipinski definition) is 1. The first-order valence-corrected chi connectivity index (χ1v) is 10.3. The first-order valence-electron chi connectivity index (χ1n) is 10.3. The van der Waals surface area contributed by atoms with Gasteiger partial charge in [0.15, 0.2) is 0 Å². The SMILES string of the molecule is COc1ccc(CCCN(C)C(=O)NC2CCN(c3ccc(C#N)cn3)CC2)cc1. The van der Waals surface area contributed by atoms with Crippen LogP contribution in [-0.4, -0.2) is 55.7 Å². The molecule has 0 aliphatic carbocycles. The molecule has 1 aromatic heterocycles. The predicted octanol–water partition coefficient (Wildman–Crippen LogP) is 3.20. The fraction of sp³-hybridized carbons (Fsp3) is 0.435. The third-order valence-electron chi connectivity index (χ3n) is 5.49. The average Bonchev–Trinajstić information content (AvgIpc) is 2.80. The van der Waals surface area contributed by atoms with E-state index in [0.29, 0.717) is 12.1 Å². The highest BCUT2D eigenvalue weighted by Crippen LogP contribution is 2.18. The monoisotopic (exact) mass is 407 g/mol. The number of aromatic nitrogens is 1. The van der Waals surface area contributed by atoms with E-state index in [1.807, 2.05) is 25.2 Å². The maximum atomic E-state index is 12.5. The van der Waals surface area contributed by atoms with Gasteiger partial charge in [0.1, 0.15) is 17.6 Å². The number of nitrogens with zero attached hydrogens (tertiary/aromatic N) is 4. The minimum atomic E-state index is -0.0142. The largest absolute Gasteiger partial charge is 0.497 e. The zero-order chi connectivity index (χ0) is 21.3. The number of hydrogen-bond acceptors (Lipinski definition) is 5. The number of pyridine rings is 1. The molecule has 1 fully saturated rings. The molecule has 3 rings (SSSR count). The van der Waals surface area contributed by atoms with Crippen LogP contribution in [-0.2, 0) is 6.42 Å². The van der Waals surface area contributed by atoms with Crippen molar-refractivity contribution < 1.29 is 9.53 Å². The maximum absolute atomic E-state index is 12.5. The summed E-state index contributed by atoms with van der Waals surface area (Å²) in [4.78, 5) is 20.8. The molecule has 0 spiro atoms. The summed E-state index contributed by atoms with van der Waals surface area (Å²) in [6.45, 7) is 2.39. The predicted molar refractivity (Wildman–Crippen MR) is 117 cm³/mol. The van der Waals surface area contributed by atoms with Crippen LogP contribution in [0.25, 0.3) is 0 Å². The van der Waals surface area contributed by atoms with Gasteiger partial charge in [-0.1, -0.05) is 12.1 Å². The quantitative estimate of drug-likeness (QED) is 0.762. The summed E-state index contributed by atoms with van der Waals surface area (Å²) >= 11 is 0. The minimum Gasteiger partial charge on any atom is -0.497 e. The molecule has 0 saturated carbocycles. The van der Waals surface area contributed by atoms with Crippen molar-refractivity contribution in [3.63, 3.8) is 0 Å². The Morgan fingerprint density at radius 3 is 2.60 bits per heavy atom. The number of carbonyl (C=O) groups is 1. The van der Waals surface area contributed by atoms with E-state index in [1.165, 1.54) is 5.56 Å². The number of aryl methyl sites for hydroxylation is 1. The molecular weight excluding hydrogens is 378 g/mol. The van der Waals surface area contributed by atoms with E-state index in [1.54, 1.807) is 24.3 Å². The van der Waals surface area contributed by atoms with Crippen molar-refractivity contribution in [1.29, 1.82) is 5.26 Å². The normalized spacial score (nSPS) is 14.1. The Hall–Kier alpha value is -3.27. The van der Waals surface area contributed by atoms with Crippen LogP contribution >= 0.6 is 0 Å². The molecule has 0 atom stereocenters. The molecule has 7 heteroatoms. The molecule has 1 saturated heterocycles. The molecule has 2 heterocycles. The lowest BCUT2D eigenvalue weighted by Crippen LogP contribution is -2.48. The lowest BCUT2D eigenvalue weighted by atomic mass is 10.1. The van der Waals surface area contributed by atoms with E-state index < -0.39 is 0 Å². The Morgan fingerprint density at radius 2 is 2.00 bits per heavy atom. The highest BCUT2D eigenvalue weighted by Gasteiger charge is 2.22. The van der Waals surface area contributed by atoms with E-state index >= 15 is 0 Å². The number of rotatable bonds is 7. The van der Waals surface area contributed by atoms with Crippen molar-refractivity contribution in [3.8, 4) is 11.8 Å². The van der Waals surface area contributed by atoms with Crippen LogP contribution in [0.4, 0.5) is 10.6 Å². The number of carbonyl (C=O) groups excluding carboxylic acids is 1. The Morgan fingerprint density at radius 1 is 1.27 bits per heavy atom. The molecule has 30 heavy (non-hydrogen) atoms. The number of amides is 2. The van der Waals surface area contributed by atoms with Gasteiger partial charge < -0.3 is 19.9 Å². The minimum absolute atomic E-state index is 0.0142. The van der Waals surface area contributed by atoms with Gasteiger partial charge in [-0.25, -0.2) is 9.78 Å². The van der Waals surface area contributed by atoms with Gasteiger partial charge in [0.2, 0.25) is 0 Å². The number of ether oxygens (including phenoxy) is 1. The number of methoxy groups -OCH3 is 1. The standard InChI is InChI=1S/C23H29N5O2/c1-27(13-3-4-18-5-8-21(30-2)9-6-18)23(29)26-20-11-14-28(15-12-20)22-10-7-19(16-24)17-25-22/h5-10,17,20H,3-4,11-15H2,1-2H3,(H,26,29). The van der Waals surface area contributed by atoms with Gasteiger partial charge in [-0.3, -0.25) is 0 Å². The summed E-state index contributed by atoms with van der Waals surface area (Å²) in [6.07, 6.45) is 5.21. The smallest absolute Gasteiger partial charge is 0.317 e. The third-order valence-corrected chi connectivity index (χ3v) is 5.49. The van der Waals surface area contributed by atoms with Crippen LogP contribution in [0.5, 0.6) is 5.75 Å². The molecule has 1 aliphatic rings. The molecule has 1 aliphatic heterocycles. The van der Waals surface area contributed by atoms with E-state index in [2.05, 4.69) is 33.4 Å². The van der Waals surface area contributed by atoms with Gasteiger partial charge in [-0.05, 0) is 55.5 Å². The first kappa shape index (κ1) is 21.4. The lowest BCUT2D eigenvalue weighted by Gasteiger charge is -2.34. The van der Waals surface area contributed by atoms with Crippen LogP contribution in [0, 0.1) is 11.3 Å². The second-order valence-corrected chi connectivity index (χ2v) is 7.60. The van der Waals surface area contributed by atoms with Crippen LogP contribution in [0.1, 0.15) is 30.4 Å². The topological polar surface area (TPSA) is 81.5 Å². The molecule has 7 nitrogen and oxygen atoms in total. The van der Waals surface area contributed by atoms with Crippen LogP contribution in [0.3, 0.4) is 0 Å². The van der Waals surface area contributed by atoms with Gasteiger partial charge in [0.05, 0.1) is 12.7 Å². The molecule has 0 bridgehead atoms.